The second kappa shape index (κ2) is 7.49. The van der Waals surface area contributed by atoms with Crippen molar-refractivity contribution >= 4 is 11.6 Å². The van der Waals surface area contributed by atoms with Crippen LogP contribution in [0.5, 0.6) is 0 Å². The van der Waals surface area contributed by atoms with E-state index in [-0.39, 0.29) is 5.41 Å². The lowest BCUT2D eigenvalue weighted by molar-refractivity contribution is 0.0531. The molecule has 4 heteroatoms. The minimum absolute atomic E-state index is 0.0123. The Morgan fingerprint density at radius 2 is 1.88 bits per heavy atom. The molecule has 0 unspecified atom stereocenters. The van der Waals surface area contributed by atoms with Crippen LogP contribution in [0.15, 0.2) is 59.6 Å². The van der Waals surface area contributed by atoms with Gasteiger partial charge in [0.2, 0.25) is 0 Å². The van der Waals surface area contributed by atoms with E-state index in [2.05, 4.69) is 53.6 Å². The molecule has 0 saturated carbocycles. The lowest BCUT2D eigenvalue weighted by Gasteiger charge is -2.36. The molecule has 3 rings (SSSR count). The average Bonchev–Trinajstić information content (AvgIpc) is 2.62. The van der Waals surface area contributed by atoms with Crippen LogP contribution in [-0.4, -0.2) is 25.7 Å². The monoisotopic (exact) mass is 323 g/mol. The van der Waals surface area contributed by atoms with Crippen LogP contribution >= 0.6 is 0 Å². The number of nitrogens with zero attached hydrogens (tertiary/aromatic N) is 1. The van der Waals surface area contributed by atoms with Crippen LogP contribution in [0.3, 0.4) is 0 Å². The van der Waals surface area contributed by atoms with Gasteiger partial charge in [0.25, 0.3) is 0 Å². The quantitative estimate of drug-likeness (QED) is 0.669. The summed E-state index contributed by atoms with van der Waals surface area (Å²) in [6.07, 6.45) is 1.94. The van der Waals surface area contributed by atoms with E-state index in [1.54, 1.807) is 0 Å². The van der Waals surface area contributed by atoms with Crippen LogP contribution in [-0.2, 0) is 10.2 Å². The Morgan fingerprint density at radius 1 is 1.12 bits per heavy atom. The molecule has 1 saturated heterocycles. The van der Waals surface area contributed by atoms with E-state index in [9.17, 15) is 0 Å². The molecular weight excluding hydrogens is 298 g/mol. The highest BCUT2D eigenvalue weighted by Gasteiger charge is 2.34. The number of aliphatic imine (C=N–C) groups is 1. The third-order valence-electron chi connectivity index (χ3n) is 4.68. The molecule has 24 heavy (non-hydrogen) atoms. The second-order valence-corrected chi connectivity index (χ2v) is 6.45. The Kier molecular flexibility index (Phi) is 5.16. The summed E-state index contributed by atoms with van der Waals surface area (Å²) in [7, 11) is 0. The zero-order chi connectivity index (χ0) is 16.8. The van der Waals surface area contributed by atoms with Crippen LogP contribution in [0.4, 0.5) is 5.69 Å². The van der Waals surface area contributed by atoms with Crippen molar-refractivity contribution in [1.29, 1.82) is 0 Å². The van der Waals surface area contributed by atoms with Crippen LogP contribution in [0, 0.1) is 6.92 Å². The zero-order valence-electron chi connectivity index (χ0n) is 14.2. The largest absolute Gasteiger partial charge is 0.381 e. The maximum atomic E-state index is 6.12. The third-order valence-corrected chi connectivity index (χ3v) is 4.68. The van der Waals surface area contributed by atoms with E-state index in [1.165, 1.54) is 11.1 Å². The van der Waals surface area contributed by atoms with Crippen LogP contribution in [0.1, 0.15) is 24.0 Å². The summed E-state index contributed by atoms with van der Waals surface area (Å²) in [6.45, 7) is 4.28. The van der Waals surface area contributed by atoms with Gasteiger partial charge in [-0.05, 0) is 43.0 Å². The molecule has 126 valence electrons. The minimum Gasteiger partial charge on any atom is -0.381 e. The maximum absolute atomic E-state index is 6.12. The molecule has 0 spiro atoms. The van der Waals surface area contributed by atoms with Crippen molar-refractivity contribution in [1.82, 2.24) is 0 Å². The van der Waals surface area contributed by atoms with Gasteiger partial charge in [-0.1, -0.05) is 42.5 Å². The van der Waals surface area contributed by atoms with E-state index in [4.69, 9.17) is 10.5 Å². The Bertz CT molecular complexity index is 691. The molecule has 1 aliphatic heterocycles. The topological polar surface area (TPSA) is 59.6 Å². The molecule has 2 aromatic carbocycles. The molecule has 1 heterocycles. The first-order valence-corrected chi connectivity index (χ1v) is 8.45. The van der Waals surface area contributed by atoms with E-state index < -0.39 is 0 Å². The number of anilines is 1. The summed E-state index contributed by atoms with van der Waals surface area (Å²) in [5, 5.41) is 3.19. The number of hydrogen-bond donors (Lipinski definition) is 2. The molecule has 0 aliphatic carbocycles. The summed E-state index contributed by atoms with van der Waals surface area (Å²) < 4.78 is 5.57. The molecule has 4 nitrogen and oxygen atoms in total. The van der Waals surface area contributed by atoms with Crippen LogP contribution in [0.2, 0.25) is 0 Å². The number of nitrogens with one attached hydrogen (secondary N) is 1. The van der Waals surface area contributed by atoms with Crippen molar-refractivity contribution in [2.45, 2.75) is 25.2 Å². The summed E-state index contributed by atoms with van der Waals surface area (Å²) in [6, 6.07) is 18.7. The number of aryl methyl sites for hydroxylation is 1. The first-order valence-electron chi connectivity index (χ1n) is 8.45. The fourth-order valence-corrected chi connectivity index (χ4v) is 3.24. The van der Waals surface area contributed by atoms with Gasteiger partial charge in [-0.15, -0.1) is 0 Å². The SMILES string of the molecule is Cc1cccc(NC(N)=NCC2(c3ccccc3)CCOCC2)c1. The summed E-state index contributed by atoms with van der Waals surface area (Å²) in [5.74, 6) is 0.461. The first-order chi connectivity index (χ1) is 11.7. The Balaban J connectivity index is 1.75. The predicted molar refractivity (Wildman–Crippen MR) is 99.5 cm³/mol. The highest BCUT2D eigenvalue weighted by atomic mass is 16.5. The average molecular weight is 323 g/mol. The normalized spacial score (nSPS) is 17.5. The number of nitrogens with two attached hydrogens (primary N) is 1. The maximum Gasteiger partial charge on any atom is 0.193 e. The van der Waals surface area contributed by atoms with Gasteiger partial charge in [0.15, 0.2) is 5.96 Å². The van der Waals surface area contributed by atoms with Gasteiger partial charge < -0.3 is 15.8 Å². The Hall–Kier alpha value is -2.33. The van der Waals surface area contributed by atoms with Gasteiger partial charge >= 0.3 is 0 Å². The number of ether oxygens (including phenoxy) is 1. The third kappa shape index (κ3) is 3.95. The smallest absolute Gasteiger partial charge is 0.193 e. The van der Waals surface area contributed by atoms with E-state index in [0.29, 0.717) is 12.5 Å². The molecule has 0 aromatic heterocycles. The lowest BCUT2D eigenvalue weighted by atomic mass is 9.74. The Labute approximate surface area is 143 Å². The van der Waals surface area contributed by atoms with Crippen molar-refractivity contribution in [3.63, 3.8) is 0 Å². The van der Waals surface area contributed by atoms with Crippen molar-refractivity contribution in [3.05, 3.63) is 65.7 Å². The van der Waals surface area contributed by atoms with Crippen molar-refractivity contribution < 1.29 is 4.74 Å². The number of hydrogen-bond acceptors (Lipinski definition) is 2. The predicted octanol–water partition coefficient (Wildman–Crippen LogP) is 3.47. The Morgan fingerprint density at radius 3 is 2.58 bits per heavy atom. The number of guanidine groups is 1. The van der Waals surface area contributed by atoms with Crippen molar-refractivity contribution in [2.24, 2.45) is 10.7 Å². The fourth-order valence-electron chi connectivity index (χ4n) is 3.24. The van der Waals surface area contributed by atoms with Gasteiger partial charge in [-0.3, -0.25) is 4.99 Å². The molecule has 1 fully saturated rings. The summed E-state index contributed by atoms with van der Waals surface area (Å²) in [5.41, 5.74) is 9.61. The molecular formula is C20H25N3O. The molecule has 0 atom stereocenters. The van der Waals surface area contributed by atoms with Gasteiger partial charge in [0, 0.05) is 24.3 Å². The summed E-state index contributed by atoms with van der Waals surface area (Å²) in [4.78, 5) is 4.65. The molecule has 0 bridgehead atoms. The molecule has 2 aromatic rings. The highest BCUT2D eigenvalue weighted by molar-refractivity contribution is 5.92. The fraction of sp³-hybridized carbons (Fsp3) is 0.350. The van der Waals surface area contributed by atoms with Crippen molar-refractivity contribution in [2.75, 3.05) is 25.1 Å². The number of rotatable bonds is 4. The number of benzene rings is 2. The molecule has 0 amide bonds. The molecule has 0 radical (unpaired) electrons. The molecule has 3 N–H and O–H groups in total. The van der Waals surface area contributed by atoms with E-state index in [1.807, 2.05) is 18.2 Å². The van der Waals surface area contributed by atoms with E-state index in [0.717, 1.165) is 31.7 Å². The van der Waals surface area contributed by atoms with Crippen LogP contribution < -0.4 is 11.1 Å². The van der Waals surface area contributed by atoms with Gasteiger partial charge in [-0.25, -0.2) is 0 Å². The second-order valence-electron chi connectivity index (χ2n) is 6.45. The van der Waals surface area contributed by atoms with E-state index >= 15 is 0 Å². The highest BCUT2D eigenvalue weighted by Crippen LogP contribution is 2.35. The van der Waals surface area contributed by atoms with Gasteiger partial charge in [-0.2, -0.15) is 0 Å². The van der Waals surface area contributed by atoms with Gasteiger partial charge in [0.1, 0.15) is 0 Å². The molecule has 1 aliphatic rings. The first kappa shape index (κ1) is 16.5. The lowest BCUT2D eigenvalue weighted by Crippen LogP contribution is -2.38. The van der Waals surface area contributed by atoms with Crippen LogP contribution in [0.25, 0.3) is 0 Å². The zero-order valence-corrected chi connectivity index (χ0v) is 14.2. The standard InChI is InChI=1S/C20H25N3O/c1-16-6-5-9-18(14-16)23-19(21)22-15-20(10-12-24-13-11-20)17-7-3-2-4-8-17/h2-9,14H,10-13,15H2,1H3,(H3,21,22,23). The van der Waals surface area contributed by atoms with Gasteiger partial charge in [0.05, 0.1) is 6.54 Å². The minimum atomic E-state index is 0.0123. The van der Waals surface area contributed by atoms with Crippen molar-refractivity contribution in [3.8, 4) is 0 Å². The summed E-state index contributed by atoms with van der Waals surface area (Å²) >= 11 is 0.